The van der Waals surface area contributed by atoms with Gasteiger partial charge < -0.3 is 10.1 Å². The summed E-state index contributed by atoms with van der Waals surface area (Å²) in [5, 5.41) is 2.74. The minimum atomic E-state index is -0.0716. The van der Waals surface area contributed by atoms with Crippen LogP contribution in [0.2, 0.25) is 0 Å². The molecule has 1 radical (unpaired) electrons. The van der Waals surface area contributed by atoms with Crippen LogP contribution in [-0.4, -0.2) is 13.0 Å². The van der Waals surface area contributed by atoms with Gasteiger partial charge in [-0.2, -0.15) is 0 Å². The van der Waals surface area contributed by atoms with Crippen LogP contribution < -0.4 is 10.1 Å². The van der Waals surface area contributed by atoms with Crippen molar-refractivity contribution in [1.82, 2.24) is 0 Å². The summed E-state index contributed by atoms with van der Waals surface area (Å²) in [6, 6.07) is 7.23. The summed E-state index contributed by atoms with van der Waals surface area (Å²) in [6.45, 7) is 1.92. The number of rotatable bonds is 4. The number of ether oxygens (including phenoxy) is 1. The molecule has 0 bridgehead atoms. The molecule has 1 N–H and O–H groups in total. The van der Waals surface area contributed by atoms with Gasteiger partial charge in [-0.15, -0.1) is 0 Å². The van der Waals surface area contributed by atoms with E-state index in [4.69, 9.17) is 4.74 Å². The maximum Gasteiger partial charge on any atom is 0.228 e. The third-order valence-electron chi connectivity index (χ3n) is 1.75. The molecule has 0 aliphatic carbocycles. The zero-order valence-corrected chi connectivity index (χ0v) is 8.41. The van der Waals surface area contributed by atoms with E-state index in [-0.39, 0.29) is 5.91 Å². The first-order valence-electron chi connectivity index (χ1n) is 4.54. The van der Waals surface area contributed by atoms with Gasteiger partial charge in [0.05, 0.1) is 7.11 Å². The Balaban J connectivity index is 2.55. The summed E-state index contributed by atoms with van der Waals surface area (Å²) in [4.78, 5) is 11.2. The molecule has 3 nitrogen and oxygen atoms in total. The van der Waals surface area contributed by atoms with Crippen molar-refractivity contribution in [3.63, 3.8) is 0 Å². The zero-order chi connectivity index (χ0) is 10.4. The van der Waals surface area contributed by atoms with Gasteiger partial charge in [-0.3, -0.25) is 4.79 Å². The van der Waals surface area contributed by atoms with E-state index in [1.54, 1.807) is 25.7 Å². The average Bonchev–Trinajstić information content (AvgIpc) is 2.19. The maximum atomic E-state index is 11.2. The second kappa shape index (κ2) is 5.27. The van der Waals surface area contributed by atoms with Crippen molar-refractivity contribution >= 4 is 11.6 Å². The quantitative estimate of drug-likeness (QED) is 0.794. The summed E-state index contributed by atoms with van der Waals surface area (Å²) >= 11 is 0. The first-order valence-corrected chi connectivity index (χ1v) is 4.54. The smallest absolute Gasteiger partial charge is 0.228 e. The molecule has 0 aromatic heterocycles. The second-order valence-electron chi connectivity index (χ2n) is 2.83. The van der Waals surface area contributed by atoms with Gasteiger partial charge in [-0.1, -0.05) is 6.92 Å². The van der Waals surface area contributed by atoms with E-state index in [2.05, 4.69) is 5.32 Å². The molecule has 75 valence electrons. The van der Waals surface area contributed by atoms with Crippen molar-refractivity contribution < 1.29 is 9.53 Å². The predicted molar refractivity (Wildman–Crippen MR) is 56.2 cm³/mol. The first kappa shape index (κ1) is 10.6. The van der Waals surface area contributed by atoms with Gasteiger partial charge in [-0.05, 0) is 30.7 Å². The lowest BCUT2D eigenvalue weighted by atomic mass is 10.2. The molecule has 14 heavy (non-hydrogen) atoms. The lowest BCUT2D eigenvalue weighted by Crippen LogP contribution is -2.10. The van der Waals surface area contributed by atoms with Crippen LogP contribution in [0.1, 0.15) is 13.3 Å². The SMILES string of the molecule is CC[CH]C(=O)Nc1ccc(OC)cc1. The fourth-order valence-electron chi connectivity index (χ4n) is 1.05. The van der Waals surface area contributed by atoms with E-state index in [1.807, 2.05) is 19.1 Å². The average molecular weight is 192 g/mol. The highest BCUT2D eigenvalue weighted by atomic mass is 16.5. The number of methoxy groups -OCH3 is 1. The van der Waals surface area contributed by atoms with E-state index in [0.29, 0.717) is 0 Å². The highest BCUT2D eigenvalue weighted by Gasteiger charge is 2.00. The van der Waals surface area contributed by atoms with Crippen LogP contribution in [0.3, 0.4) is 0 Å². The zero-order valence-electron chi connectivity index (χ0n) is 8.41. The molecule has 1 rings (SSSR count). The summed E-state index contributed by atoms with van der Waals surface area (Å²) in [6.07, 6.45) is 2.34. The van der Waals surface area contributed by atoms with Crippen molar-refractivity contribution in [1.29, 1.82) is 0 Å². The predicted octanol–water partition coefficient (Wildman–Crippen LogP) is 2.25. The minimum Gasteiger partial charge on any atom is -0.497 e. The molecule has 0 fully saturated rings. The third kappa shape index (κ3) is 3.09. The van der Waals surface area contributed by atoms with Crippen molar-refractivity contribution in [2.24, 2.45) is 0 Å². The standard InChI is InChI=1S/C11H14NO2/c1-3-4-11(13)12-9-5-7-10(14-2)8-6-9/h4-8H,3H2,1-2H3,(H,12,13). The normalized spacial score (nSPS) is 9.57. The first-order chi connectivity index (χ1) is 6.76. The Morgan fingerprint density at radius 3 is 2.57 bits per heavy atom. The van der Waals surface area contributed by atoms with Crippen molar-refractivity contribution in [3.05, 3.63) is 30.7 Å². The van der Waals surface area contributed by atoms with E-state index in [1.165, 1.54) is 0 Å². The number of nitrogens with one attached hydrogen (secondary N) is 1. The summed E-state index contributed by atoms with van der Waals surface area (Å²) in [5.41, 5.74) is 0.778. The largest absolute Gasteiger partial charge is 0.497 e. The van der Waals surface area contributed by atoms with E-state index < -0.39 is 0 Å². The van der Waals surface area contributed by atoms with Crippen LogP contribution in [0.25, 0.3) is 0 Å². The second-order valence-corrected chi connectivity index (χ2v) is 2.83. The molecule has 1 aromatic rings. The molecular weight excluding hydrogens is 178 g/mol. The lowest BCUT2D eigenvalue weighted by Gasteiger charge is -2.04. The number of hydrogen-bond donors (Lipinski definition) is 1. The molecule has 0 heterocycles. The molecule has 3 heteroatoms. The molecular formula is C11H14NO2. The molecule has 0 spiro atoms. The Labute approximate surface area is 84.1 Å². The van der Waals surface area contributed by atoms with Crippen LogP contribution in [0.5, 0.6) is 5.75 Å². The summed E-state index contributed by atoms with van der Waals surface area (Å²) < 4.78 is 5.00. The molecule has 0 saturated carbocycles. The number of carbonyl (C=O) groups is 1. The Morgan fingerprint density at radius 2 is 2.07 bits per heavy atom. The van der Waals surface area contributed by atoms with Crippen LogP contribution in [-0.2, 0) is 4.79 Å². The molecule has 0 atom stereocenters. The Bertz CT molecular complexity index is 293. The van der Waals surface area contributed by atoms with Gasteiger partial charge in [0.15, 0.2) is 0 Å². The molecule has 0 aliphatic rings. The number of benzene rings is 1. The summed E-state index contributed by atoms with van der Waals surface area (Å²) in [7, 11) is 1.61. The fourth-order valence-corrected chi connectivity index (χ4v) is 1.05. The van der Waals surface area contributed by atoms with Gasteiger partial charge in [0.25, 0.3) is 0 Å². The van der Waals surface area contributed by atoms with Gasteiger partial charge in [-0.25, -0.2) is 0 Å². The minimum absolute atomic E-state index is 0.0716. The topological polar surface area (TPSA) is 38.3 Å². The molecule has 0 unspecified atom stereocenters. The van der Waals surface area contributed by atoms with Gasteiger partial charge in [0.1, 0.15) is 5.75 Å². The van der Waals surface area contributed by atoms with Gasteiger partial charge >= 0.3 is 0 Å². The number of anilines is 1. The fraction of sp³-hybridized carbons (Fsp3) is 0.273. The highest BCUT2D eigenvalue weighted by molar-refractivity contribution is 5.96. The van der Waals surface area contributed by atoms with Crippen molar-refractivity contribution in [2.75, 3.05) is 12.4 Å². The van der Waals surface area contributed by atoms with Crippen molar-refractivity contribution in [2.45, 2.75) is 13.3 Å². The molecule has 1 aromatic carbocycles. The van der Waals surface area contributed by atoms with Gasteiger partial charge in [0, 0.05) is 12.1 Å². The van der Waals surface area contributed by atoms with Crippen LogP contribution in [0, 0.1) is 6.42 Å². The molecule has 0 saturated heterocycles. The van der Waals surface area contributed by atoms with Crippen molar-refractivity contribution in [3.8, 4) is 5.75 Å². The number of hydrogen-bond acceptors (Lipinski definition) is 2. The van der Waals surface area contributed by atoms with E-state index in [9.17, 15) is 4.79 Å². The third-order valence-corrected chi connectivity index (χ3v) is 1.75. The number of amides is 1. The summed E-state index contributed by atoms with van der Waals surface area (Å²) in [5.74, 6) is 0.708. The molecule has 1 amide bonds. The van der Waals surface area contributed by atoms with Crippen LogP contribution in [0.15, 0.2) is 24.3 Å². The number of carbonyl (C=O) groups excluding carboxylic acids is 1. The maximum absolute atomic E-state index is 11.2. The lowest BCUT2D eigenvalue weighted by molar-refractivity contribution is -0.113. The molecule has 0 aliphatic heterocycles. The Morgan fingerprint density at radius 1 is 1.43 bits per heavy atom. The van der Waals surface area contributed by atoms with Crippen LogP contribution in [0.4, 0.5) is 5.69 Å². The van der Waals surface area contributed by atoms with Crippen LogP contribution >= 0.6 is 0 Å². The monoisotopic (exact) mass is 192 g/mol. The van der Waals surface area contributed by atoms with E-state index >= 15 is 0 Å². The van der Waals surface area contributed by atoms with E-state index in [0.717, 1.165) is 17.9 Å². The Hall–Kier alpha value is -1.51. The van der Waals surface area contributed by atoms with Gasteiger partial charge in [0.2, 0.25) is 5.91 Å². The highest BCUT2D eigenvalue weighted by Crippen LogP contribution is 2.14. The Kier molecular flexibility index (Phi) is 3.98.